The summed E-state index contributed by atoms with van der Waals surface area (Å²) in [7, 11) is 0. The summed E-state index contributed by atoms with van der Waals surface area (Å²) in [4.78, 5) is 5.15. The van der Waals surface area contributed by atoms with Crippen LogP contribution in [0.4, 0.5) is 11.4 Å². The van der Waals surface area contributed by atoms with E-state index >= 15 is 0 Å². The molecule has 3 atom stereocenters. The molecule has 2 N–H and O–H groups in total. The maximum atomic E-state index is 6.50. The van der Waals surface area contributed by atoms with Crippen LogP contribution in [-0.2, 0) is 0 Å². The Labute approximate surface area is 326 Å². The van der Waals surface area contributed by atoms with E-state index in [4.69, 9.17) is 9.41 Å². The van der Waals surface area contributed by atoms with E-state index in [0.29, 0.717) is 0 Å². The molecule has 3 unspecified atom stereocenters. The number of benzene rings is 8. The summed E-state index contributed by atoms with van der Waals surface area (Å²) < 4.78 is 6.50. The van der Waals surface area contributed by atoms with E-state index in [1.54, 1.807) is 0 Å². The van der Waals surface area contributed by atoms with Gasteiger partial charge in [0.05, 0.1) is 0 Å². The van der Waals surface area contributed by atoms with Gasteiger partial charge in [-0.2, -0.15) is 5.01 Å². The number of rotatable bonds is 10. The number of para-hydroxylation sites is 2. The minimum absolute atomic E-state index is 0.0758. The quantitative estimate of drug-likeness (QED) is 0.109. The van der Waals surface area contributed by atoms with Crippen LogP contribution in [0.3, 0.4) is 0 Å². The van der Waals surface area contributed by atoms with Crippen LogP contribution in [0.15, 0.2) is 210 Å². The Kier molecular flexibility index (Phi) is 8.77. The predicted octanol–water partition coefficient (Wildman–Crippen LogP) is 13.0. The molecule has 0 aliphatic carbocycles. The molecule has 0 spiro atoms. The highest BCUT2D eigenvalue weighted by Gasteiger charge is 2.41. The van der Waals surface area contributed by atoms with Crippen LogP contribution in [0.1, 0.15) is 29.0 Å². The Morgan fingerprint density at radius 2 is 1.23 bits per heavy atom. The molecule has 1 aliphatic heterocycles. The van der Waals surface area contributed by atoms with Gasteiger partial charge in [0.15, 0.2) is 0 Å². The molecular weight excluding hydrogens is 685 g/mol. The summed E-state index contributed by atoms with van der Waals surface area (Å²) in [5.74, 6) is 0. The molecule has 0 bridgehead atoms. The largest absolute Gasteiger partial charge is 0.455 e. The van der Waals surface area contributed by atoms with Crippen molar-refractivity contribution in [2.45, 2.75) is 12.3 Å². The van der Waals surface area contributed by atoms with Gasteiger partial charge in [-0.3, -0.25) is 4.99 Å². The summed E-state index contributed by atoms with van der Waals surface area (Å²) in [6, 6.07) is 70.0. The molecule has 1 saturated heterocycles. The van der Waals surface area contributed by atoms with E-state index in [2.05, 4.69) is 186 Å². The second-order valence-electron chi connectivity index (χ2n) is 14.2. The van der Waals surface area contributed by atoms with Crippen molar-refractivity contribution in [2.75, 3.05) is 5.32 Å². The van der Waals surface area contributed by atoms with E-state index in [1.165, 1.54) is 16.7 Å². The smallest absolute Gasteiger partial charge is 0.143 e. The van der Waals surface area contributed by atoms with Gasteiger partial charge < -0.3 is 9.73 Å². The monoisotopic (exact) mass is 722 g/mol. The van der Waals surface area contributed by atoms with Crippen LogP contribution in [0.2, 0.25) is 0 Å². The minimum atomic E-state index is -0.249. The zero-order valence-electron chi connectivity index (χ0n) is 30.6. The molecule has 1 aliphatic rings. The summed E-state index contributed by atoms with van der Waals surface area (Å²) in [5.41, 5.74) is 17.4. The number of hydrogen-bond donors (Lipinski definition) is 2. The topological polar surface area (TPSA) is 62.5 Å². The first-order valence-electron chi connectivity index (χ1n) is 19.0. The fourth-order valence-corrected chi connectivity index (χ4v) is 7.68. The van der Waals surface area contributed by atoms with Crippen molar-refractivity contribution in [3.63, 3.8) is 0 Å². The molecule has 268 valence electrons. The fourth-order valence-electron chi connectivity index (χ4n) is 7.68. The average Bonchev–Trinajstić information content (AvgIpc) is 3.96. The van der Waals surface area contributed by atoms with Crippen molar-refractivity contribution in [3.8, 4) is 33.4 Å². The van der Waals surface area contributed by atoms with Crippen LogP contribution in [0.25, 0.3) is 55.3 Å². The van der Waals surface area contributed by atoms with Gasteiger partial charge in [-0.25, -0.2) is 5.43 Å². The lowest BCUT2D eigenvalue weighted by Gasteiger charge is -2.18. The molecule has 5 nitrogen and oxygen atoms in total. The molecule has 0 amide bonds. The third-order valence-electron chi connectivity index (χ3n) is 10.5. The Hall–Kier alpha value is -7.05. The van der Waals surface area contributed by atoms with Gasteiger partial charge in [-0.1, -0.05) is 170 Å². The summed E-state index contributed by atoms with van der Waals surface area (Å²) in [6.45, 7) is 0. The zero-order chi connectivity index (χ0) is 37.3. The number of hydrazine groups is 1. The van der Waals surface area contributed by atoms with E-state index in [-0.39, 0.29) is 12.3 Å². The normalized spacial score (nSPS) is 15.6. The lowest BCUT2D eigenvalue weighted by atomic mass is 9.94. The molecule has 10 rings (SSSR count). The van der Waals surface area contributed by atoms with Gasteiger partial charge in [-0.05, 0) is 69.3 Å². The van der Waals surface area contributed by atoms with Crippen molar-refractivity contribution in [1.29, 1.82) is 0 Å². The van der Waals surface area contributed by atoms with Gasteiger partial charge in [0, 0.05) is 39.5 Å². The first-order chi connectivity index (χ1) is 27.7. The average molecular weight is 723 g/mol. The molecule has 0 saturated carbocycles. The molecule has 1 aromatic heterocycles. The van der Waals surface area contributed by atoms with Crippen molar-refractivity contribution >= 4 is 39.5 Å². The third-order valence-corrected chi connectivity index (χ3v) is 10.5. The molecule has 8 aromatic carbocycles. The zero-order valence-corrected chi connectivity index (χ0v) is 30.6. The van der Waals surface area contributed by atoms with Crippen LogP contribution in [0, 0.1) is 0 Å². The molecule has 5 heteroatoms. The number of furan rings is 1. The Bertz CT molecular complexity index is 2830. The van der Waals surface area contributed by atoms with Gasteiger partial charge in [0.25, 0.3) is 0 Å². The third kappa shape index (κ3) is 6.67. The molecule has 0 radical (unpaired) electrons. The first kappa shape index (κ1) is 33.5. The van der Waals surface area contributed by atoms with E-state index in [0.717, 1.165) is 66.7 Å². The summed E-state index contributed by atoms with van der Waals surface area (Å²) >= 11 is 0. The Morgan fingerprint density at radius 1 is 0.554 bits per heavy atom. The maximum absolute atomic E-state index is 6.50. The van der Waals surface area contributed by atoms with Crippen LogP contribution in [0.5, 0.6) is 0 Å². The first-order valence-corrected chi connectivity index (χ1v) is 19.0. The highest BCUT2D eigenvalue weighted by atomic mass is 16.3. The van der Waals surface area contributed by atoms with Gasteiger partial charge in [0.1, 0.15) is 23.5 Å². The van der Waals surface area contributed by atoms with Crippen LogP contribution < -0.4 is 10.7 Å². The summed E-state index contributed by atoms with van der Waals surface area (Å²) in [5, 5.41) is 8.31. The van der Waals surface area contributed by atoms with Crippen molar-refractivity contribution in [3.05, 3.63) is 217 Å². The number of hydrogen-bond acceptors (Lipinski definition) is 5. The fraction of sp³-hybridized carbons (Fsp3) is 0.0392. The lowest BCUT2D eigenvalue weighted by molar-refractivity contribution is 0.372. The van der Waals surface area contributed by atoms with E-state index in [9.17, 15) is 0 Å². The number of fused-ring (bicyclic) bond motifs is 3. The standard InChI is InChI=1S/C51H38N4O/c1-4-15-35(16-5-1)34-52-50(55-51(54-55)37-19-8-3-9-20-37)41-23-13-24-42(32-41)53-47-33-40(44-26-14-27-46-45-25-10-11-28-48(45)56-49(44)46)29-30-43(47)39-22-12-21-38(31-39)36-17-6-2-7-18-36/h1-34,50-51,53-54H/b52-34+. The Balaban J connectivity index is 1.06. The lowest BCUT2D eigenvalue weighted by Crippen LogP contribution is -2.11. The highest BCUT2D eigenvalue weighted by molar-refractivity contribution is 6.09. The maximum Gasteiger partial charge on any atom is 0.143 e. The van der Waals surface area contributed by atoms with Crippen LogP contribution in [-0.4, -0.2) is 11.2 Å². The molecule has 1 fully saturated rings. The minimum Gasteiger partial charge on any atom is -0.455 e. The predicted molar refractivity (Wildman–Crippen MR) is 231 cm³/mol. The van der Waals surface area contributed by atoms with E-state index < -0.39 is 0 Å². The second-order valence-corrected chi connectivity index (χ2v) is 14.2. The summed E-state index contributed by atoms with van der Waals surface area (Å²) in [6.07, 6.45) is 1.79. The molecular formula is C51H38N4O. The highest BCUT2D eigenvalue weighted by Crippen LogP contribution is 2.42. The second kappa shape index (κ2) is 14.6. The number of nitrogens with zero attached hydrogens (tertiary/aromatic N) is 2. The number of aliphatic imine (C=N–C) groups is 1. The number of nitrogens with one attached hydrogen (secondary N) is 2. The SMILES string of the molecule is C(=N\C(c1cccc(Nc2cc(-c3cccc4c3oc3ccccc34)ccc2-c2cccc(-c3ccccc3)c2)c1)N1NC1c1ccccc1)/c1ccccc1. The number of anilines is 2. The molecule has 56 heavy (non-hydrogen) atoms. The Morgan fingerprint density at radius 3 is 2.09 bits per heavy atom. The van der Waals surface area contributed by atoms with Gasteiger partial charge in [0.2, 0.25) is 0 Å². The van der Waals surface area contributed by atoms with E-state index in [1.807, 2.05) is 36.5 Å². The van der Waals surface area contributed by atoms with Crippen molar-refractivity contribution in [1.82, 2.24) is 10.4 Å². The molecule has 9 aromatic rings. The molecule has 2 heterocycles. The van der Waals surface area contributed by atoms with Gasteiger partial charge in [-0.15, -0.1) is 0 Å². The van der Waals surface area contributed by atoms with Crippen LogP contribution >= 0.6 is 0 Å². The van der Waals surface area contributed by atoms with Gasteiger partial charge >= 0.3 is 0 Å². The van der Waals surface area contributed by atoms with Crippen molar-refractivity contribution in [2.24, 2.45) is 4.99 Å². The van der Waals surface area contributed by atoms with Crippen molar-refractivity contribution < 1.29 is 4.42 Å².